The van der Waals surface area contributed by atoms with Crippen LogP contribution in [0.25, 0.3) is 0 Å². The van der Waals surface area contributed by atoms with Crippen LogP contribution in [0.15, 0.2) is 39.7 Å². The molecule has 4 rings (SSSR count). The average molecular weight is 467 g/mol. The number of rotatable bonds is 5. The molecule has 1 amide bonds. The summed E-state index contributed by atoms with van der Waals surface area (Å²) < 4.78 is 40.1. The van der Waals surface area contributed by atoms with Gasteiger partial charge in [0.25, 0.3) is 0 Å². The van der Waals surface area contributed by atoms with Crippen LogP contribution in [0.3, 0.4) is 0 Å². The summed E-state index contributed by atoms with van der Waals surface area (Å²) in [4.78, 5) is 14.0. The first kappa shape index (κ1) is 19.2. The number of carbonyl (C=O) groups excluding carboxylic acids is 1. The van der Waals surface area contributed by atoms with Crippen LogP contribution in [0.1, 0.15) is 24.5 Å². The molecule has 0 radical (unpaired) electrons. The Balaban J connectivity index is 1.64. The Kier molecular flexibility index (Phi) is 5.07. The highest BCUT2D eigenvalue weighted by atomic mass is 79.9. The monoisotopic (exact) mass is 466 g/mol. The topological polar surface area (TPSA) is 84.9 Å². The molecule has 2 aromatic carbocycles. The van der Waals surface area contributed by atoms with Crippen molar-refractivity contribution in [1.82, 2.24) is 4.72 Å². The third-order valence-electron chi connectivity index (χ3n) is 4.79. The van der Waals surface area contributed by atoms with Crippen LogP contribution in [0.2, 0.25) is 0 Å². The highest BCUT2D eigenvalue weighted by Gasteiger charge is 2.32. The highest BCUT2D eigenvalue weighted by Crippen LogP contribution is 2.38. The molecule has 0 fully saturated rings. The number of anilines is 1. The first-order chi connectivity index (χ1) is 13.4. The number of carbonyl (C=O) groups is 1. The lowest BCUT2D eigenvalue weighted by Crippen LogP contribution is -2.31. The lowest BCUT2D eigenvalue weighted by molar-refractivity contribution is -0.118. The van der Waals surface area contributed by atoms with Gasteiger partial charge in [0.1, 0.15) is 4.90 Å². The summed E-state index contributed by atoms with van der Waals surface area (Å²) in [5, 5.41) is 0. The summed E-state index contributed by atoms with van der Waals surface area (Å²) in [6.07, 6.45) is 0.949. The maximum absolute atomic E-state index is 13.1. The molecule has 2 aliphatic heterocycles. The number of nitrogens with one attached hydrogen (secondary N) is 1. The van der Waals surface area contributed by atoms with Gasteiger partial charge in [-0.1, -0.05) is 28.9 Å². The number of fused-ring (bicyclic) bond motifs is 2. The normalized spacial score (nSPS) is 15.0. The van der Waals surface area contributed by atoms with Crippen LogP contribution in [-0.4, -0.2) is 27.7 Å². The molecule has 2 aromatic rings. The maximum atomic E-state index is 13.1. The van der Waals surface area contributed by atoms with Crippen molar-refractivity contribution in [3.8, 4) is 11.5 Å². The van der Waals surface area contributed by atoms with Crippen molar-refractivity contribution in [3.63, 3.8) is 0 Å². The van der Waals surface area contributed by atoms with Gasteiger partial charge in [-0.25, -0.2) is 13.1 Å². The average Bonchev–Trinajstić information content (AvgIpc) is 3.31. The van der Waals surface area contributed by atoms with E-state index in [1.807, 2.05) is 6.07 Å². The van der Waals surface area contributed by atoms with Gasteiger partial charge in [0, 0.05) is 24.0 Å². The minimum Gasteiger partial charge on any atom is -0.454 e. The van der Waals surface area contributed by atoms with E-state index in [0.717, 1.165) is 11.1 Å². The van der Waals surface area contributed by atoms with Crippen molar-refractivity contribution in [2.75, 3.05) is 18.2 Å². The van der Waals surface area contributed by atoms with E-state index < -0.39 is 10.0 Å². The Bertz CT molecular complexity index is 1050. The maximum Gasteiger partial charge on any atom is 0.242 e. The van der Waals surface area contributed by atoms with E-state index in [2.05, 4.69) is 20.7 Å². The minimum atomic E-state index is -3.84. The van der Waals surface area contributed by atoms with Crippen molar-refractivity contribution in [2.24, 2.45) is 0 Å². The minimum absolute atomic E-state index is 0.0895. The summed E-state index contributed by atoms with van der Waals surface area (Å²) in [5.74, 6) is 1.15. The van der Waals surface area contributed by atoms with Crippen LogP contribution < -0.4 is 19.1 Å². The lowest BCUT2D eigenvalue weighted by atomic mass is 10.2. The fourth-order valence-corrected chi connectivity index (χ4v) is 5.37. The second-order valence-corrected chi connectivity index (χ2v) is 9.22. The Morgan fingerprint density at radius 2 is 2.00 bits per heavy atom. The molecule has 148 valence electrons. The zero-order chi connectivity index (χ0) is 19.9. The second kappa shape index (κ2) is 7.38. The van der Waals surface area contributed by atoms with E-state index in [1.165, 1.54) is 0 Å². The molecule has 0 spiro atoms. The third-order valence-corrected chi connectivity index (χ3v) is 6.66. The molecule has 0 atom stereocenters. The number of halogens is 1. The quantitative estimate of drug-likeness (QED) is 0.731. The fraction of sp³-hybridized carbons (Fsp3) is 0.316. The van der Waals surface area contributed by atoms with E-state index in [4.69, 9.17) is 9.47 Å². The van der Waals surface area contributed by atoms with Gasteiger partial charge in [-0.3, -0.25) is 4.79 Å². The molecule has 0 saturated carbocycles. The molecule has 0 saturated heterocycles. The highest BCUT2D eigenvalue weighted by molar-refractivity contribution is 9.10. The Morgan fingerprint density at radius 1 is 1.21 bits per heavy atom. The van der Waals surface area contributed by atoms with Gasteiger partial charge >= 0.3 is 0 Å². The Labute approximate surface area is 171 Å². The smallest absolute Gasteiger partial charge is 0.242 e. The Hall–Kier alpha value is -2.10. The predicted molar refractivity (Wildman–Crippen MR) is 107 cm³/mol. The number of hydrogen-bond donors (Lipinski definition) is 1. The lowest BCUT2D eigenvalue weighted by Gasteiger charge is -2.20. The van der Waals surface area contributed by atoms with Crippen molar-refractivity contribution in [1.29, 1.82) is 0 Å². The van der Waals surface area contributed by atoms with E-state index in [1.54, 1.807) is 36.1 Å². The van der Waals surface area contributed by atoms with Crippen molar-refractivity contribution in [3.05, 3.63) is 45.9 Å². The first-order valence-corrected chi connectivity index (χ1v) is 11.2. The van der Waals surface area contributed by atoms with E-state index in [9.17, 15) is 13.2 Å². The van der Waals surface area contributed by atoms with Gasteiger partial charge < -0.3 is 14.4 Å². The second-order valence-electron chi connectivity index (χ2n) is 6.57. The van der Waals surface area contributed by atoms with Crippen LogP contribution in [0, 0.1) is 0 Å². The standard InChI is InChI=1S/C19H19BrN2O5S/c1-2-18(23)22-6-5-13-8-14(20)9-17(19(13)22)28(24,25)21-10-12-3-4-15-16(7-12)27-11-26-15/h3-4,7-9,21H,2,5-6,10-11H2,1H3. The van der Waals surface area contributed by atoms with E-state index in [0.29, 0.717) is 41.0 Å². The molecule has 9 heteroatoms. The zero-order valence-corrected chi connectivity index (χ0v) is 17.6. The Morgan fingerprint density at radius 3 is 2.79 bits per heavy atom. The molecule has 0 aliphatic carbocycles. The van der Waals surface area contributed by atoms with Gasteiger partial charge in [-0.15, -0.1) is 0 Å². The van der Waals surface area contributed by atoms with Crippen LogP contribution >= 0.6 is 15.9 Å². The van der Waals surface area contributed by atoms with Crippen LogP contribution in [0.5, 0.6) is 11.5 Å². The molecule has 0 aromatic heterocycles. The van der Waals surface area contributed by atoms with Gasteiger partial charge in [-0.05, 0) is 41.8 Å². The van der Waals surface area contributed by atoms with Crippen molar-refractivity contribution >= 4 is 37.5 Å². The third kappa shape index (κ3) is 3.49. The molecule has 7 nitrogen and oxygen atoms in total. The molecule has 28 heavy (non-hydrogen) atoms. The molecule has 0 unspecified atom stereocenters. The van der Waals surface area contributed by atoms with E-state index >= 15 is 0 Å². The van der Waals surface area contributed by atoms with Gasteiger partial charge in [0.05, 0.1) is 5.69 Å². The van der Waals surface area contributed by atoms with Crippen molar-refractivity contribution in [2.45, 2.75) is 31.2 Å². The molecule has 2 heterocycles. The fourth-order valence-electron chi connectivity index (χ4n) is 3.42. The van der Waals surface area contributed by atoms with Crippen molar-refractivity contribution < 1.29 is 22.7 Å². The summed E-state index contributed by atoms with van der Waals surface area (Å²) in [5.41, 5.74) is 2.08. The number of sulfonamides is 1. The SMILES string of the molecule is CCC(=O)N1CCc2cc(Br)cc(S(=O)(=O)NCc3ccc4c(c3)OCO4)c21. The first-order valence-electron chi connectivity index (χ1n) is 8.90. The summed E-state index contributed by atoms with van der Waals surface area (Å²) in [6, 6.07) is 8.71. The van der Waals surface area contributed by atoms with E-state index in [-0.39, 0.29) is 24.1 Å². The van der Waals surface area contributed by atoms with Gasteiger partial charge in [0.15, 0.2) is 11.5 Å². The zero-order valence-electron chi connectivity index (χ0n) is 15.2. The summed E-state index contributed by atoms with van der Waals surface area (Å²) in [6.45, 7) is 2.52. The number of ether oxygens (including phenoxy) is 2. The number of amides is 1. The van der Waals surface area contributed by atoms with Gasteiger partial charge in [-0.2, -0.15) is 0 Å². The molecule has 1 N–H and O–H groups in total. The number of hydrogen-bond acceptors (Lipinski definition) is 5. The summed E-state index contributed by atoms with van der Waals surface area (Å²) >= 11 is 3.39. The largest absolute Gasteiger partial charge is 0.454 e. The summed E-state index contributed by atoms with van der Waals surface area (Å²) in [7, 11) is -3.84. The molecule has 2 aliphatic rings. The molecular formula is C19H19BrN2O5S. The number of benzene rings is 2. The predicted octanol–water partition coefficient (Wildman–Crippen LogP) is 2.96. The molecule has 0 bridgehead atoms. The van der Waals surface area contributed by atoms with Crippen LogP contribution in [0.4, 0.5) is 5.69 Å². The molecular weight excluding hydrogens is 448 g/mol. The van der Waals surface area contributed by atoms with Gasteiger partial charge in [0.2, 0.25) is 22.7 Å². The van der Waals surface area contributed by atoms with Crippen LogP contribution in [-0.2, 0) is 27.8 Å². The number of nitrogens with zero attached hydrogens (tertiary/aromatic N) is 1.